The van der Waals surface area contributed by atoms with Crippen molar-refractivity contribution in [2.75, 3.05) is 11.9 Å². The number of aromatic nitrogens is 4. The zero-order valence-corrected chi connectivity index (χ0v) is 20.9. The Balaban J connectivity index is 1.37. The van der Waals surface area contributed by atoms with Crippen molar-refractivity contribution >= 4 is 34.7 Å². The van der Waals surface area contributed by atoms with Crippen LogP contribution in [0, 0.1) is 6.92 Å². The molecule has 184 valence electrons. The summed E-state index contributed by atoms with van der Waals surface area (Å²) in [4.78, 5) is 28.9. The van der Waals surface area contributed by atoms with Crippen LogP contribution in [0.25, 0.3) is 17.0 Å². The van der Waals surface area contributed by atoms with Gasteiger partial charge in [0.05, 0.1) is 5.69 Å². The van der Waals surface area contributed by atoms with Crippen LogP contribution in [0.5, 0.6) is 0 Å². The van der Waals surface area contributed by atoms with E-state index < -0.39 is 11.8 Å². The molecule has 8 nitrogen and oxygen atoms in total. The molecule has 0 aliphatic carbocycles. The van der Waals surface area contributed by atoms with Gasteiger partial charge in [0.2, 0.25) is 0 Å². The van der Waals surface area contributed by atoms with Gasteiger partial charge in [0, 0.05) is 17.8 Å². The summed E-state index contributed by atoms with van der Waals surface area (Å²) in [5, 5.41) is 13.3. The SMILES string of the molecule is CCCCCCCCCCCCNC(=O)C(=O)Nc1cccc(-c2nc3c(Cl)c(C)[nH]n3n2)c1. The summed E-state index contributed by atoms with van der Waals surface area (Å²) < 4.78 is 1.51. The Kier molecular flexibility index (Phi) is 9.94. The van der Waals surface area contributed by atoms with Gasteiger partial charge in [-0.05, 0) is 25.5 Å². The summed E-state index contributed by atoms with van der Waals surface area (Å²) in [6.07, 6.45) is 12.3. The number of aryl methyl sites for hydroxylation is 1. The Morgan fingerprint density at radius 2 is 1.68 bits per heavy atom. The van der Waals surface area contributed by atoms with Crippen molar-refractivity contribution < 1.29 is 9.59 Å². The number of hydrogen-bond acceptors (Lipinski definition) is 4. The molecule has 2 heterocycles. The highest BCUT2D eigenvalue weighted by Gasteiger charge is 2.16. The van der Waals surface area contributed by atoms with Crippen LogP contribution in [0.15, 0.2) is 24.3 Å². The molecule has 3 rings (SSSR count). The molecule has 0 fully saturated rings. The molecule has 3 aromatic rings. The van der Waals surface area contributed by atoms with Gasteiger partial charge >= 0.3 is 11.8 Å². The van der Waals surface area contributed by atoms with Crippen LogP contribution in [-0.2, 0) is 9.59 Å². The topological polar surface area (TPSA) is 104 Å². The Morgan fingerprint density at radius 1 is 1.00 bits per heavy atom. The number of halogens is 1. The number of carbonyl (C=O) groups excluding carboxylic acids is 2. The summed E-state index contributed by atoms with van der Waals surface area (Å²) in [6, 6.07) is 7.05. The lowest BCUT2D eigenvalue weighted by atomic mass is 10.1. The number of anilines is 1. The third kappa shape index (κ3) is 7.32. The molecular weight excluding hydrogens is 452 g/mol. The van der Waals surface area contributed by atoms with Crippen LogP contribution < -0.4 is 10.6 Å². The third-order valence-electron chi connectivity index (χ3n) is 5.81. The highest BCUT2D eigenvalue weighted by Crippen LogP contribution is 2.24. The maximum Gasteiger partial charge on any atom is 0.313 e. The monoisotopic (exact) mass is 486 g/mol. The first-order valence-electron chi connectivity index (χ1n) is 12.3. The minimum atomic E-state index is -0.687. The smallest absolute Gasteiger partial charge is 0.313 e. The molecule has 0 unspecified atom stereocenters. The lowest BCUT2D eigenvalue weighted by Gasteiger charge is -2.07. The molecule has 0 aliphatic heterocycles. The lowest BCUT2D eigenvalue weighted by molar-refractivity contribution is -0.136. The van der Waals surface area contributed by atoms with Crippen LogP contribution >= 0.6 is 11.6 Å². The van der Waals surface area contributed by atoms with Gasteiger partial charge in [-0.3, -0.25) is 14.7 Å². The normalized spacial score (nSPS) is 11.1. The number of aromatic amines is 1. The zero-order valence-electron chi connectivity index (χ0n) is 20.1. The molecule has 0 bridgehead atoms. The second kappa shape index (κ2) is 13.1. The van der Waals surface area contributed by atoms with Gasteiger partial charge in [-0.25, -0.2) is 4.98 Å². The number of nitrogens with zero attached hydrogens (tertiary/aromatic N) is 3. The van der Waals surface area contributed by atoms with Crippen molar-refractivity contribution in [2.45, 2.75) is 78.1 Å². The first-order chi connectivity index (χ1) is 16.5. The second-order valence-corrected chi connectivity index (χ2v) is 9.07. The molecule has 0 saturated carbocycles. The van der Waals surface area contributed by atoms with Crippen LogP contribution in [-0.4, -0.2) is 38.2 Å². The van der Waals surface area contributed by atoms with E-state index in [0.29, 0.717) is 34.3 Å². The summed E-state index contributed by atoms with van der Waals surface area (Å²) in [6.45, 7) is 4.59. The molecule has 2 aromatic heterocycles. The van der Waals surface area contributed by atoms with Gasteiger partial charge in [-0.1, -0.05) is 88.4 Å². The standard InChI is InChI=1S/C25H35ClN6O2/c1-3-4-5-6-7-8-9-10-11-12-16-27-24(33)25(34)28-20-15-13-14-19(17-20)22-29-23-21(26)18(2)30-32(23)31-22/h13-15,17,30H,3-12,16H2,1-2H3,(H,27,33)(H,28,34). The predicted molar refractivity (Wildman–Crippen MR) is 136 cm³/mol. The number of amides is 2. The Morgan fingerprint density at radius 3 is 2.35 bits per heavy atom. The van der Waals surface area contributed by atoms with Gasteiger partial charge in [0.25, 0.3) is 0 Å². The maximum atomic E-state index is 12.3. The second-order valence-electron chi connectivity index (χ2n) is 8.69. The van der Waals surface area contributed by atoms with E-state index >= 15 is 0 Å². The number of unbranched alkanes of at least 4 members (excludes halogenated alkanes) is 9. The van der Waals surface area contributed by atoms with Crippen molar-refractivity contribution in [2.24, 2.45) is 0 Å². The quantitative estimate of drug-likeness (QED) is 0.214. The summed E-state index contributed by atoms with van der Waals surface area (Å²) in [5.74, 6) is -0.848. The van der Waals surface area contributed by atoms with Gasteiger partial charge in [-0.15, -0.1) is 5.10 Å². The average Bonchev–Trinajstić information content (AvgIpc) is 3.36. The summed E-state index contributed by atoms with van der Waals surface area (Å²) in [7, 11) is 0. The first-order valence-corrected chi connectivity index (χ1v) is 12.7. The van der Waals surface area contributed by atoms with Crippen molar-refractivity contribution in [1.82, 2.24) is 25.1 Å². The molecule has 0 aliphatic rings. The minimum Gasteiger partial charge on any atom is -0.348 e. The van der Waals surface area contributed by atoms with Crippen LogP contribution in [0.1, 0.15) is 76.8 Å². The first kappa shape index (κ1) is 25.7. The highest BCUT2D eigenvalue weighted by atomic mass is 35.5. The number of fused-ring (bicyclic) bond motifs is 1. The Bertz CT molecular complexity index is 1090. The van der Waals surface area contributed by atoms with Crippen LogP contribution in [0.4, 0.5) is 5.69 Å². The van der Waals surface area contributed by atoms with Crippen LogP contribution in [0.3, 0.4) is 0 Å². The average molecular weight is 487 g/mol. The molecular formula is C25H35ClN6O2. The van der Waals surface area contributed by atoms with Gasteiger partial charge < -0.3 is 10.6 Å². The van der Waals surface area contributed by atoms with E-state index in [1.165, 1.54) is 56.0 Å². The van der Waals surface area contributed by atoms with E-state index in [1.807, 2.05) is 13.0 Å². The van der Waals surface area contributed by atoms with E-state index in [2.05, 4.69) is 32.7 Å². The van der Waals surface area contributed by atoms with E-state index in [0.717, 1.165) is 18.5 Å². The van der Waals surface area contributed by atoms with E-state index in [4.69, 9.17) is 11.6 Å². The number of benzene rings is 1. The van der Waals surface area contributed by atoms with Crippen molar-refractivity contribution in [3.63, 3.8) is 0 Å². The summed E-state index contributed by atoms with van der Waals surface area (Å²) >= 11 is 6.23. The van der Waals surface area contributed by atoms with Crippen LogP contribution in [0.2, 0.25) is 5.02 Å². The molecule has 1 aromatic carbocycles. The fourth-order valence-corrected chi connectivity index (χ4v) is 4.01. The number of carbonyl (C=O) groups is 2. The maximum absolute atomic E-state index is 12.3. The number of nitrogens with one attached hydrogen (secondary N) is 3. The molecule has 0 spiro atoms. The fraction of sp³-hybridized carbons (Fsp3) is 0.520. The fourth-order valence-electron chi connectivity index (χ4n) is 3.85. The third-order valence-corrected chi connectivity index (χ3v) is 6.26. The summed E-state index contributed by atoms with van der Waals surface area (Å²) in [5.41, 5.74) is 2.52. The number of rotatable bonds is 13. The van der Waals surface area contributed by atoms with Crippen molar-refractivity contribution in [3.8, 4) is 11.4 Å². The molecule has 3 N–H and O–H groups in total. The van der Waals surface area contributed by atoms with Crippen molar-refractivity contribution in [1.29, 1.82) is 0 Å². The zero-order chi connectivity index (χ0) is 24.3. The molecule has 0 radical (unpaired) electrons. The Hall–Kier alpha value is -2.87. The van der Waals surface area contributed by atoms with Gasteiger partial charge in [-0.2, -0.15) is 4.63 Å². The largest absolute Gasteiger partial charge is 0.348 e. The van der Waals surface area contributed by atoms with Gasteiger partial charge in [0.15, 0.2) is 11.5 Å². The molecule has 0 saturated heterocycles. The number of H-pyrrole nitrogens is 1. The van der Waals surface area contributed by atoms with Gasteiger partial charge in [0.1, 0.15) is 5.02 Å². The molecule has 9 heteroatoms. The number of hydrogen-bond donors (Lipinski definition) is 3. The lowest BCUT2D eigenvalue weighted by Crippen LogP contribution is -2.35. The molecule has 2 amide bonds. The highest BCUT2D eigenvalue weighted by molar-refractivity contribution is 6.39. The molecule has 34 heavy (non-hydrogen) atoms. The van der Waals surface area contributed by atoms with E-state index in [-0.39, 0.29) is 0 Å². The molecule has 0 atom stereocenters. The minimum absolute atomic E-state index is 0.467. The van der Waals surface area contributed by atoms with Crippen molar-refractivity contribution in [3.05, 3.63) is 35.0 Å². The van der Waals surface area contributed by atoms with E-state index in [1.54, 1.807) is 18.2 Å². The predicted octanol–water partition coefficient (Wildman–Crippen LogP) is 5.66. The van der Waals surface area contributed by atoms with E-state index in [9.17, 15) is 9.59 Å². The Labute approximate surface area is 205 Å².